The van der Waals surface area contributed by atoms with Gasteiger partial charge in [-0.05, 0) is 45.2 Å². The van der Waals surface area contributed by atoms with Crippen molar-refractivity contribution in [2.75, 3.05) is 19.6 Å². The van der Waals surface area contributed by atoms with E-state index >= 15 is 0 Å². The molecule has 0 aliphatic carbocycles. The van der Waals surface area contributed by atoms with Crippen LogP contribution in [-0.4, -0.2) is 36.7 Å². The Morgan fingerprint density at radius 2 is 2.26 bits per heavy atom. The third-order valence-electron chi connectivity index (χ3n) is 5.33. The summed E-state index contributed by atoms with van der Waals surface area (Å²) < 4.78 is 19.4. The number of aryl methyl sites for hydroxylation is 1. The second-order valence-electron chi connectivity index (χ2n) is 7.22. The average Bonchev–Trinajstić information content (AvgIpc) is 3.01. The number of carbonyl (C=O) groups excluding carboxylic acids is 1. The maximum atomic E-state index is 14.2. The van der Waals surface area contributed by atoms with Gasteiger partial charge < -0.3 is 14.7 Å². The minimum absolute atomic E-state index is 0.0905. The summed E-state index contributed by atoms with van der Waals surface area (Å²) in [6.07, 6.45) is 4.76. The van der Waals surface area contributed by atoms with Crippen LogP contribution in [0.3, 0.4) is 0 Å². The highest BCUT2D eigenvalue weighted by Gasteiger charge is 2.25. The molecule has 0 bridgehead atoms. The molecule has 2 heterocycles. The number of quaternary nitrogens is 1. The van der Waals surface area contributed by atoms with Gasteiger partial charge >= 0.3 is 0 Å². The first-order chi connectivity index (χ1) is 13.0. The summed E-state index contributed by atoms with van der Waals surface area (Å²) in [5, 5.41) is 6.98. The number of amides is 1. The maximum absolute atomic E-state index is 14.2. The van der Waals surface area contributed by atoms with E-state index in [1.165, 1.54) is 37.9 Å². The zero-order chi connectivity index (χ0) is 19.4. The van der Waals surface area contributed by atoms with Crippen molar-refractivity contribution >= 4 is 17.5 Å². The van der Waals surface area contributed by atoms with Gasteiger partial charge in [0.2, 0.25) is 0 Å². The van der Waals surface area contributed by atoms with Crippen LogP contribution in [0.5, 0.6) is 0 Å². The summed E-state index contributed by atoms with van der Waals surface area (Å²) in [4.78, 5) is 14.3. The van der Waals surface area contributed by atoms with Crippen LogP contribution in [0.1, 0.15) is 48.7 Å². The normalized spacial score (nSPS) is 19.9. The van der Waals surface area contributed by atoms with Crippen LogP contribution in [0.15, 0.2) is 22.7 Å². The SMILES string of the molecule is Cc1onc(-c2c(F)cccc2Cl)c1C(=O)NCCC[NH+]1CCCC[C@@H]1C. The molecule has 1 aromatic carbocycles. The van der Waals surface area contributed by atoms with Crippen molar-refractivity contribution in [1.82, 2.24) is 10.5 Å². The molecule has 1 unspecified atom stereocenters. The van der Waals surface area contributed by atoms with E-state index in [9.17, 15) is 9.18 Å². The second kappa shape index (κ2) is 8.85. The number of benzene rings is 1. The number of halogens is 2. The summed E-state index contributed by atoms with van der Waals surface area (Å²) in [6.45, 7) is 6.73. The Morgan fingerprint density at radius 3 is 3.00 bits per heavy atom. The van der Waals surface area contributed by atoms with Gasteiger partial charge in [-0.3, -0.25) is 4.79 Å². The van der Waals surface area contributed by atoms with E-state index in [0.29, 0.717) is 18.3 Å². The van der Waals surface area contributed by atoms with Crippen molar-refractivity contribution in [2.24, 2.45) is 0 Å². The molecule has 146 valence electrons. The smallest absolute Gasteiger partial charge is 0.257 e. The highest BCUT2D eigenvalue weighted by atomic mass is 35.5. The zero-order valence-corrected chi connectivity index (χ0v) is 16.5. The van der Waals surface area contributed by atoms with E-state index in [-0.39, 0.29) is 27.8 Å². The molecular formula is C20H26ClFN3O2+. The molecule has 2 N–H and O–H groups in total. The van der Waals surface area contributed by atoms with E-state index in [1.54, 1.807) is 17.9 Å². The number of aromatic nitrogens is 1. The number of nitrogens with one attached hydrogen (secondary N) is 2. The van der Waals surface area contributed by atoms with Gasteiger partial charge in [-0.15, -0.1) is 0 Å². The highest BCUT2D eigenvalue weighted by molar-refractivity contribution is 6.33. The fourth-order valence-electron chi connectivity index (χ4n) is 3.76. The van der Waals surface area contributed by atoms with Crippen molar-refractivity contribution in [1.29, 1.82) is 0 Å². The topological polar surface area (TPSA) is 59.6 Å². The number of nitrogens with zero attached hydrogens (tertiary/aromatic N) is 1. The van der Waals surface area contributed by atoms with Gasteiger partial charge in [-0.1, -0.05) is 22.8 Å². The Hall–Kier alpha value is -1.92. The molecule has 1 aliphatic rings. The van der Waals surface area contributed by atoms with Gasteiger partial charge in [0.1, 0.15) is 22.8 Å². The zero-order valence-electron chi connectivity index (χ0n) is 15.8. The van der Waals surface area contributed by atoms with Gasteiger partial charge in [0.15, 0.2) is 0 Å². The van der Waals surface area contributed by atoms with E-state index in [0.717, 1.165) is 13.0 Å². The molecule has 1 amide bonds. The van der Waals surface area contributed by atoms with Crippen molar-refractivity contribution < 1.29 is 18.6 Å². The predicted octanol–water partition coefficient (Wildman–Crippen LogP) is 3.02. The molecular weight excluding hydrogens is 369 g/mol. The summed E-state index contributed by atoms with van der Waals surface area (Å²) in [6, 6.07) is 5.05. The van der Waals surface area contributed by atoms with Crippen molar-refractivity contribution in [3.05, 3.63) is 40.4 Å². The van der Waals surface area contributed by atoms with Crippen molar-refractivity contribution in [3.8, 4) is 11.3 Å². The lowest BCUT2D eigenvalue weighted by atomic mass is 10.0. The second-order valence-corrected chi connectivity index (χ2v) is 7.63. The standard InChI is InChI=1S/C20H25ClFN3O2/c1-13-7-3-4-11-25(13)12-6-10-23-20(26)17-14(2)27-24-19(17)18-15(21)8-5-9-16(18)22/h5,8-9,13H,3-4,6-7,10-12H2,1-2H3,(H,23,26)/p+1/t13-/m0/s1. The Labute approximate surface area is 163 Å². The minimum atomic E-state index is -0.535. The molecule has 2 aromatic rings. The Kier molecular flexibility index (Phi) is 6.50. The third kappa shape index (κ3) is 4.50. The molecule has 1 fully saturated rings. The number of rotatable bonds is 6. The lowest BCUT2D eigenvalue weighted by Gasteiger charge is -2.30. The minimum Gasteiger partial charge on any atom is -0.360 e. The van der Waals surface area contributed by atoms with Gasteiger partial charge in [0.05, 0.1) is 29.7 Å². The van der Waals surface area contributed by atoms with Gasteiger partial charge in [0, 0.05) is 13.0 Å². The Balaban J connectivity index is 1.65. The lowest BCUT2D eigenvalue weighted by Crippen LogP contribution is -3.16. The van der Waals surface area contributed by atoms with Gasteiger partial charge in [-0.2, -0.15) is 0 Å². The first-order valence-corrected chi connectivity index (χ1v) is 9.90. The molecule has 0 spiro atoms. The molecule has 2 atom stereocenters. The quantitative estimate of drug-likeness (QED) is 0.740. The van der Waals surface area contributed by atoms with E-state index < -0.39 is 5.82 Å². The van der Waals surface area contributed by atoms with Crippen LogP contribution in [0.25, 0.3) is 11.3 Å². The predicted molar refractivity (Wildman–Crippen MR) is 103 cm³/mol. The highest BCUT2D eigenvalue weighted by Crippen LogP contribution is 2.33. The first-order valence-electron chi connectivity index (χ1n) is 9.52. The first kappa shape index (κ1) is 19.8. The van der Waals surface area contributed by atoms with E-state index in [2.05, 4.69) is 17.4 Å². The van der Waals surface area contributed by atoms with Crippen LogP contribution >= 0.6 is 11.6 Å². The third-order valence-corrected chi connectivity index (χ3v) is 5.65. The molecule has 1 aliphatic heterocycles. The fraction of sp³-hybridized carbons (Fsp3) is 0.500. The van der Waals surface area contributed by atoms with Crippen LogP contribution in [0, 0.1) is 12.7 Å². The fourth-order valence-corrected chi connectivity index (χ4v) is 4.02. The molecule has 1 aromatic heterocycles. The van der Waals surface area contributed by atoms with Crippen molar-refractivity contribution in [3.63, 3.8) is 0 Å². The summed E-state index contributed by atoms with van der Waals surface area (Å²) >= 11 is 6.12. The monoisotopic (exact) mass is 394 g/mol. The maximum Gasteiger partial charge on any atom is 0.257 e. The van der Waals surface area contributed by atoms with Gasteiger partial charge in [-0.25, -0.2) is 4.39 Å². The van der Waals surface area contributed by atoms with Crippen LogP contribution in [0.2, 0.25) is 5.02 Å². The molecule has 27 heavy (non-hydrogen) atoms. The molecule has 5 nitrogen and oxygen atoms in total. The van der Waals surface area contributed by atoms with Crippen LogP contribution in [0.4, 0.5) is 4.39 Å². The summed E-state index contributed by atoms with van der Waals surface area (Å²) in [5.41, 5.74) is 0.469. The molecule has 0 radical (unpaired) electrons. The van der Waals surface area contributed by atoms with Gasteiger partial charge in [0.25, 0.3) is 5.91 Å². The molecule has 7 heteroatoms. The number of piperidine rings is 1. The molecule has 1 saturated heterocycles. The Bertz CT molecular complexity index is 788. The summed E-state index contributed by atoms with van der Waals surface area (Å²) in [5.74, 6) is -0.505. The lowest BCUT2D eigenvalue weighted by molar-refractivity contribution is -0.928. The van der Waals surface area contributed by atoms with Crippen LogP contribution < -0.4 is 10.2 Å². The summed E-state index contributed by atoms with van der Waals surface area (Å²) in [7, 11) is 0. The average molecular weight is 395 g/mol. The van der Waals surface area contributed by atoms with E-state index in [1.807, 2.05) is 0 Å². The van der Waals surface area contributed by atoms with Crippen molar-refractivity contribution in [2.45, 2.75) is 45.6 Å². The van der Waals surface area contributed by atoms with E-state index in [4.69, 9.17) is 16.1 Å². The largest absolute Gasteiger partial charge is 0.360 e. The molecule has 3 rings (SSSR count). The number of hydrogen-bond acceptors (Lipinski definition) is 3. The number of likely N-dealkylation sites (tertiary alicyclic amines) is 1. The Morgan fingerprint density at radius 1 is 1.44 bits per heavy atom. The number of hydrogen-bond donors (Lipinski definition) is 2. The van der Waals surface area contributed by atoms with Crippen LogP contribution in [-0.2, 0) is 0 Å². The number of carbonyl (C=O) groups is 1. The molecule has 0 saturated carbocycles.